The van der Waals surface area contributed by atoms with E-state index in [1.807, 2.05) is 37.4 Å². The molecule has 1 aromatic carbocycles. The predicted molar refractivity (Wildman–Crippen MR) is 110 cm³/mol. The van der Waals surface area contributed by atoms with Gasteiger partial charge in [0.25, 0.3) is 0 Å². The van der Waals surface area contributed by atoms with E-state index in [9.17, 15) is 4.79 Å². The van der Waals surface area contributed by atoms with Crippen molar-refractivity contribution < 1.29 is 9.53 Å². The normalized spacial score (nSPS) is 19.0. The maximum atomic E-state index is 12.8. The number of aryl methyl sites for hydroxylation is 1. The molecule has 2 heterocycles. The van der Waals surface area contributed by atoms with Gasteiger partial charge >= 0.3 is 0 Å². The number of rotatable bonds is 5. The molecule has 0 spiro atoms. The zero-order valence-corrected chi connectivity index (χ0v) is 16.5. The molecule has 1 atom stereocenters. The highest BCUT2D eigenvalue weighted by atomic mass is 16.5. The molecule has 0 radical (unpaired) electrons. The monoisotopic (exact) mass is 380 g/mol. The van der Waals surface area contributed by atoms with Gasteiger partial charge in [0.15, 0.2) is 0 Å². The number of hydrogen-bond donors (Lipinski definition) is 1. The van der Waals surface area contributed by atoms with Crippen molar-refractivity contribution in [3.63, 3.8) is 0 Å². The van der Waals surface area contributed by atoms with Gasteiger partial charge < -0.3 is 15.0 Å². The van der Waals surface area contributed by atoms with Crippen LogP contribution < -0.4 is 15.0 Å². The highest BCUT2D eigenvalue weighted by Gasteiger charge is 2.27. The number of nitrogens with zero attached hydrogens (tertiary/aromatic N) is 3. The first-order chi connectivity index (χ1) is 13.7. The molecule has 2 aromatic rings. The van der Waals surface area contributed by atoms with Gasteiger partial charge in [-0.3, -0.25) is 4.79 Å². The van der Waals surface area contributed by atoms with E-state index < -0.39 is 0 Å². The van der Waals surface area contributed by atoms with Gasteiger partial charge in [0.2, 0.25) is 11.9 Å². The molecule has 2 aliphatic rings. The van der Waals surface area contributed by atoms with E-state index in [-0.39, 0.29) is 11.8 Å². The van der Waals surface area contributed by atoms with Crippen molar-refractivity contribution in [2.24, 2.45) is 5.92 Å². The Bertz CT molecular complexity index is 833. The summed E-state index contributed by atoms with van der Waals surface area (Å²) in [4.78, 5) is 24.5. The molecule has 1 fully saturated rings. The number of aromatic nitrogens is 2. The van der Waals surface area contributed by atoms with E-state index in [2.05, 4.69) is 15.2 Å². The maximum Gasteiger partial charge on any atom is 0.227 e. The third-order valence-electron chi connectivity index (χ3n) is 5.59. The van der Waals surface area contributed by atoms with Crippen molar-refractivity contribution in [3.05, 3.63) is 41.7 Å². The second-order valence-corrected chi connectivity index (χ2v) is 7.55. The van der Waals surface area contributed by atoms with Crippen LogP contribution in [-0.2, 0) is 17.6 Å². The molecule has 148 valence electrons. The molecule has 1 aromatic heterocycles. The standard InChI is InChI=1S/C22H28N4O2/c1-2-28-20-9-5-4-8-19(20)24-21(27)16-10-11-18-17(14-16)15-23-22(25-18)26-12-6-3-7-13-26/h4-5,8-9,15-16H,2-3,6-7,10-14H2,1H3,(H,24,27)/t16-/m1/s1. The van der Waals surface area contributed by atoms with Gasteiger partial charge in [-0.15, -0.1) is 0 Å². The number of para-hydroxylation sites is 2. The van der Waals surface area contributed by atoms with Crippen molar-refractivity contribution in [2.75, 3.05) is 29.9 Å². The number of benzene rings is 1. The number of anilines is 2. The van der Waals surface area contributed by atoms with Crippen LogP contribution in [0.15, 0.2) is 30.5 Å². The first kappa shape index (κ1) is 18.7. The number of fused-ring (bicyclic) bond motifs is 1. The van der Waals surface area contributed by atoms with Gasteiger partial charge in [-0.1, -0.05) is 12.1 Å². The highest BCUT2D eigenvalue weighted by Crippen LogP contribution is 2.29. The molecule has 1 N–H and O–H groups in total. The molecular weight excluding hydrogens is 352 g/mol. The zero-order chi connectivity index (χ0) is 19.3. The SMILES string of the molecule is CCOc1ccccc1NC(=O)[C@@H]1CCc2nc(N3CCCCC3)ncc2C1. The number of piperidine rings is 1. The Morgan fingerprint density at radius 2 is 2.07 bits per heavy atom. The summed E-state index contributed by atoms with van der Waals surface area (Å²) in [6.07, 6.45) is 7.98. The van der Waals surface area contributed by atoms with E-state index in [0.29, 0.717) is 18.8 Å². The smallest absolute Gasteiger partial charge is 0.227 e. The molecule has 6 heteroatoms. The summed E-state index contributed by atoms with van der Waals surface area (Å²) in [5, 5.41) is 3.05. The number of ether oxygens (including phenoxy) is 1. The van der Waals surface area contributed by atoms with Crippen LogP contribution in [0.3, 0.4) is 0 Å². The number of hydrogen-bond acceptors (Lipinski definition) is 5. The largest absolute Gasteiger partial charge is 0.492 e. The van der Waals surface area contributed by atoms with E-state index >= 15 is 0 Å². The third kappa shape index (κ3) is 4.11. The molecule has 28 heavy (non-hydrogen) atoms. The Kier molecular flexibility index (Phi) is 5.74. The lowest BCUT2D eigenvalue weighted by molar-refractivity contribution is -0.120. The number of carbonyl (C=O) groups is 1. The van der Waals surface area contributed by atoms with Gasteiger partial charge in [-0.05, 0) is 63.1 Å². The van der Waals surface area contributed by atoms with Crippen LogP contribution in [0.2, 0.25) is 0 Å². The van der Waals surface area contributed by atoms with Crippen LogP contribution in [0, 0.1) is 5.92 Å². The Labute approximate surface area is 166 Å². The first-order valence-electron chi connectivity index (χ1n) is 10.4. The Morgan fingerprint density at radius 3 is 2.89 bits per heavy atom. The van der Waals surface area contributed by atoms with Crippen LogP contribution in [0.1, 0.15) is 43.9 Å². The Balaban J connectivity index is 1.43. The number of nitrogens with one attached hydrogen (secondary N) is 1. The van der Waals surface area contributed by atoms with Gasteiger partial charge in [0, 0.05) is 30.9 Å². The second kappa shape index (κ2) is 8.59. The minimum absolute atomic E-state index is 0.0397. The molecule has 6 nitrogen and oxygen atoms in total. The zero-order valence-electron chi connectivity index (χ0n) is 16.5. The summed E-state index contributed by atoms with van der Waals surface area (Å²) in [5.74, 6) is 1.54. The van der Waals surface area contributed by atoms with Crippen LogP contribution in [-0.4, -0.2) is 35.6 Å². The summed E-state index contributed by atoms with van der Waals surface area (Å²) < 4.78 is 5.61. The van der Waals surface area contributed by atoms with E-state index in [1.165, 1.54) is 19.3 Å². The molecule has 1 saturated heterocycles. The summed E-state index contributed by atoms with van der Waals surface area (Å²) >= 11 is 0. The average molecular weight is 380 g/mol. The Morgan fingerprint density at radius 1 is 1.25 bits per heavy atom. The lowest BCUT2D eigenvalue weighted by atomic mass is 9.86. The van der Waals surface area contributed by atoms with Gasteiger partial charge in [0.05, 0.1) is 12.3 Å². The lowest BCUT2D eigenvalue weighted by Gasteiger charge is -2.28. The summed E-state index contributed by atoms with van der Waals surface area (Å²) in [6, 6.07) is 7.58. The minimum Gasteiger partial charge on any atom is -0.492 e. The molecule has 0 bridgehead atoms. The topological polar surface area (TPSA) is 67.3 Å². The highest BCUT2D eigenvalue weighted by molar-refractivity contribution is 5.94. The van der Waals surface area contributed by atoms with Crippen molar-refractivity contribution in [1.29, 1.82) is 0 Å². The quantitative estimate of drug-likeness (QED) is 0.858. The van der Waals surface area contributed by atoms with Crippen molar-refractivity contribution in [1.82, 2.24) is 9.97 Å². The Hall–Kier alpha value is -2.63. The fourth-order valence-electron chi connectivity index (χ4n) is 4.05. The lowest BCUT2D eigenvalue weighted by Crippen LogP contribution is -2.32. The number of carbonyl (C=O) groups excluding carboxylic acids is 1. The number of amides is 1. The van der Waals surface area contributed by atoms with Crippen molar-refractivity contribution >= 4 is 17.5 Å². The summed E-state index contributed by atoms with van der Waals surface area (Å²) in [6.45, 7) is 4.60. The average Bonchev–Trinajstić information content (AvgIpc) is 2.75. The molecule has 4 rings (SSSR count). The minimum atomic E-state index is -0.0633. The van der Waals surface area contributed by atoms with E-state index in [4.69, 9.17) is 9.72 Å². The molecule has 1 aliphatic carbocycles. The van der Waals surface area contributed by atoms with Crippen molar-refractivity contribution in [2.45, 2.75) is 45.4 Å². The second-order valence-electron chi connectivity index (χ2n) is 7.55. The fourth-order valence-corrected chi connectivity index (χ4v) is 4.05. The van der Waals surface area contributed by atoms with Gasteiger partial charge in [-0.2, -0.15) is 0 Å². The van der Waals surface area contributed by atoms with Crippen LogP contribution in [0.4, 0.5) is 11.6 Å². The van der Waals surface area contributed by atoms with Crippen LogP contribution in [0.5, 0.6) is 5.75 Å². The molecule has 0 saturated carbocycles. The third-order valence-corrected chi connectivity index (χ3v) is 5.59. The van der Waals surface area contributed by atoms with Gasteiger partial charge in [-0.25, -0.2) is 9.97 Å². The fraction of sp³-hybridized carbons (Fsp3) is 0.500. The first-order valence-corrected chi connectivity index (χ1v) is 10.4. The molecule has 1 amide bonds. The molecular formula is C22H28N4O2. The summed E-state index contributed by atoms with van der Waals surface area (Å²) in [7, 11) is 0. The van der Waals surface area contributed by atoms with Crippen LogP contribution >= 0.6 is 0 Å². The van der Waals surface area contributed by atoms with E-state index in [0.717, 1.165) is 48.8 Å². The van der Waals surface area contributed by atoms with Crippen LogP contribution in [0.25, 0.3) is 0 Å². The molecule has 0 unspecified atom stereocenters. The van der Waals surface area contributed by atoms with Crippen molar-refractivity contribution in [3.8, 4) is 5.75 Å². The van der Waals surface area contributed by atoms with Gasteiger partial charge in [0.1, 0.15) is 5.75 Å². The maximum absolute atomic E-state index is 12.8. The summed E-state index contributed by atoms with van der Waals surface area (Å²) in [5.41, 5.74) is 2.94. The molecule has 1 aliphatic heterocycles. The predicted octanol–water partition coefficient (Wildman–Crippen LogP) is 3.61. The van der Waals surface area contributed by atoms with E-state index in [1.54, 1.807) is 0 Å².